The second kappa shape index (κ2) is 5.24. The van der Waals surface area contributed by atoms with Crippen LogP contribution in [0.5, 0.6) is 0 Å². The van der Waals surface area contributed by atoms with E-state index in [1.54, 1.807) is 0 Å². The number of amides is 2. The van der Waals surface area contributed by atoms with E-state index in [0.717, 1.165) is 32.4 Å². The maximum Gasteiger partial charge on any atom is 0.317 e. The van der Waals surface area contributed by atoms with E-state index in [2.05, 4.69) is 36.5 Å². The van der Waals surface area contributed by atoms with Crippen molar-refractivity contribution in [3.8, 4) is 0 Å². The van der Waals surface area contributed by atoms with Gasteiger partial charge in [-0.15, -0.1) is 0 Å². The van der Waals surface area contributed by atoms with Crippen LogP contribution in [0.4, 0.5) is 4.79 Å². The van der Waals surface area contributed by atoms with Crippen molar-refractivity contribution in [2.75, 3.05) is 13.1 Å². The van der Waals surface area contributed by atoms with Crippen molar-refractivity contribution < 1.29 is 4.79 Å². The SMILES string of the molecule is CC1CCCN(C(=O)NC2Cc3ccccc3C2)C1. The van der Waals surface area contributed by atoms with Crippen LogP contribution in [0.2, 0.25) is 0 Å². The second-order valence-electron chi connectivity index (χ2n) is 6.02. The summed E-state index contributed by atoms with van der Waals surface area (Å²) in [7, 11) is 0. The molecular weight excluding hydrogens is 236 g/mol. The molecule has 1 fully saturated rings. The highest BCUT2D eigenvalue weighted by atomic mass is 16.2. The van der Waals surface area contributed by atoms with Crippen LogP contribution < -0.4 is 5.32 Å². The first-order valence-corrected chi connectivity index (χ1v) is 7.34. The van der Waals surface area contributed by atoms with Gasteiger partial charge in [-0.1, -0.05) is 31.2 Å². The second-order valence-corrected chi connectivity index (χ2v) is 6.02. The third-order valence-corrected chi connectivity index (χ3v) is 4.32. The fraction of sp³-hybridized carbons (Fsp3) is 0.562. The van der Waals surface area contributed by atoms with Crippen LogP contribution in [0.25, 0.3) is 0 Å². The molecule has 1 atom stereocenters. The van der Waals surface area contributed by atoms with Gasteiger partial charge >= 0.3 is 6.03 Å². The van der Waals surface area contributed by atoms with Crippen LogP contribution in [-0.4, -0.2) is 30.1 Å². The smallest absolute Gasteiger partial charge is 0.317 e. The maximum absolute atomic E-state index is 12.3. The van der Waals surface area contributed by atoms with E-state index in [-0.39, 0.29) is 12.1 Å². The number of carbonyl (C=O) groups excluding carboxylic acids is 1. The minimum absolute atomic E-state index is 0.129. The molecule has 1 heterocycles. The monoisotopic (exact) mass is 258 g/mol. The molecule has 1 N–H and O–H groups in total. The standard InChI is InChI=1S/C16H22N2O/c1-12-5-4-8-18(11-12)16(19)17-15-9-13-6-2-3-7-14(13)10-15/h2-3,6-7,12,15H,4-5,8-11H2,1H3,(H,17,19). The molecule has 1 aliphatic heterocycles. The normalized spacial score (nSPS) is 23.2. The predicted molar refractivity (Wildman–Crippen MR) is 76.1 cm³/mol. The Bertz CT molecular complexity index is 447. The fourth-order valence-electron chi connectivity index (χ4n) is 3.30. The summed E-state index contributed by atoms with van der Waals surface area (Å²) in [5.41, 5.74) is 2.78. The number of carbonyl (C=O) groups is 1. The summed E-state index contributed by atoms with van der Waals surface area (Å²) >= 11 is 0. The Morgan fingerprint density at radius 1 is 1.26 bits per heavy atom. The van der Waals surface area contributed by atoms with Crippen molar-refractivity contribution in [2.24, 2.45) is 5.92 Å². The van der Waals surface area contributed by atoms with Crippen molar-refractivity contribution in [1.82, 2.24) is 10.2 Å². The number of urea groups is 1. The Kier molecular flexibility index (Phi) is 3.45. The van der Waals surface area contributed by atoms with Gasteiger partial charge in [0.15, 0.2) is 0 Å². The lowest BCUT2D eigenvalue weighted by Crippen LogP contribution is -2.48. The number of likely N-dealkylation sites (tertiary alicyclic amines) is 1. The Morgan fingerprint density at radius 2 is 1.95 bits per heavy atom. The number of nitrogens with one attached hydrogen (secondary N) is 1. The predicted octanol–water partition coefficient (Wildman–Crippen LogP) is 2.60. The molecule has 2 aliphatic rings. The average molecular weight is 258 g/mol. The van der Waals surface area contributed by atoms with E-state index in [4.69, 9.17) is 0 Å². The molecule has 3 rings (SSSR count). The Labute approximate surface area is 115 Å². The minimum atomic E-state index is 0.129. The van der Waals surface area contributed by atoms with Gasteiger partial charge in [-0.25, -0.2) is 4.79 Å². The van der Waals surface area contributed by atoms with Crippen LogP contribution in [0.3, 0.4) is 0 Å². The van der Waals surface area contributed by atoms with E-state index in [9.17, 15) is 4.79 Å². The van der Waals surface area contributed by atoms with Gasteiger partial charge in [0.05, 0.1) is 0 Å². The van der Waals surface area contributed by atoms with Gasteiger partial charge in [0.25, 0.3) is 0 Å². The van der Waals surface area contributed by atoms with Crippen molar-refractivity contribution in [3.63, 3.8) is 0 Å². The van der Waals surface area contributed by atoms with E-state index in [1.807, 2.05) is 4.90 Å². The van der Waals surface area contributed by atoms with Crippen LogP contribution in [0, 0.1) is 5.92 Å². The molecule has 1 unspecified atom stereocenters. The number of benzene rings is 1. The first-order valence-electron chi connectivity index (χ1n) is 7.34. The number of hydrogen-bond donors (Lipinski definition) is 1. The van der Waals surface area contributed by atoms with E-state index < -0.39 is 0 Å². The molecule has 0 spiro atoms. The molecule has 2 amide bonds. The molecule has 0 aromatic heterocycles. The summed E-state index contributed by atoms with van der Waals surface area (Å²) < 4.78 is 0. The molecule has 0 bridgehead atoms. The summed E-state index contributed by atoms with van der Waals surface area (Å²) in [4.78, 5) is 14.2. The topological polar surface area (TPSA) is 32.3 Å². The third-order valence-electron chi connectivity index (χ3n) is 4.32. The van der Waals surface area contributed by atoms with Crippen molar-refractivity contribution in [1.29, 1.82) is 0 Å². The van der Waals surface area contributed by atoms with Gasteiger partial charge in [-0.05, 0) is 42.7 Å². The molecule has 1 aliphatic carbocycles. The summed E-state index contributed by atoms with van der Waals surface area (Å²) in [6, 6.07) is 8.91. The van der Waals surface area contributed by atoms with Crippen LogP contribution in [-0.2, 0) is 12.8 Å². The molecule has 0 radical (unpaired) electrons. The molecule has 19 heavy (non-hydrogen) atoms. The first-order chi connectivity index (χ1) is 9.22. The van der Waals surface area contributed by atoms with Gasteiger partial charge in [0.2, 0.25) is 0 Å². The molecule has 1 saturated heterocycles. The quantitative estimate of drug-likeness (QED) is 0.825. The van der Waals surface area contributed by atoms with Gasteiger partial charge in [-0.3, -0.25) is 0 Å². The Balaban J connectivity index is 1.57. The molecule has 1 aromatic carbocycles. The highest BCUT2D eigenvalue weighted by Gasteiger charge is 2.26. The maximum atomic E-state index is 12.3. The average Bonchev–Trinajstić information content (AvgIpc) is 2.80. The molecule has 0 saturated carbocycles. The molecular formula is C16H22N2O. The Morgan fingerprint density at radius 3 is 2.58 bits per heavy atom. The number of hydrogen-bond acceptors (Lipinski definition) is 1. The number of fused-ring (bicyclic) bond motifs is 1. The van der Waals surface area contributed by atoms with E-state index in [1.165, 1.54) is 17.5 Å². The minimum Gasteiger partial charge on any atom is -0.335 e. The number of piperidine rings is 1. The number of rotatable bonds is 1. The molecule has 3 nitrogen and oxygen atoms in total. The summed E-state index contributed by atoms with van der Waals surface area (Å²) in [6.07, 6.45) is 4.34. The highest BCUT2D eigenvalue weighted by Crippen LogP contribution is 2.22. The largest absolute Gasteiger partial charge is 0.335 e. The lowest BCUT2D eigenvalue weighted by atomic mass is 10.0. The molecule has 102 valence electrons. The molecule has 1 aromatic rings. The zero-order valence-electron chi connectivity index (χ0n) is 11.6. The van der Waals surface area contributed by atoms with Crippen molar-refractivity contribution in [2.45, 2.75) is 38.6 Å². The summed E-state index contributed by atoms with van der Waals surface area (Å²) in [5.74, 6) is 0.639. The zero-order chi connectivity index (χ0) is 13.2. The van der Waals surface area contributed by atoms with Crippen LogP contribution >= 0.6 is 0 Å². The van der Waals surface area contributed by atoms with E-state index >= 15 is 0 Å². The first kappa shape index (κ1) is 12.5. The lowest BCUT2D eigenvalue weighted by molar-refractivity contribution is 0.166. The molecule has 3 heteroatoms. The third kappa shape index (κ3) is 2.75. The van der Waals surface area contributed by atoms with Gasteiger partial charge in [-0.2, -0.15) is 0 Å². The highest BCUT2D eigenvalue weighted by molar-refractivity contribution is 5.74. The van der Waals surface area contributed by atoms with Gasteiger partial charge in [0.1, 0.15) is 0 Å². The van der Waals surface area contributed by atoms with Crippen LogP contribution in [0.1, 0.15) is 30.9 Å². The fourth-order valence-corrected chi connectivity index (χ4v) is 3.30. The van der Waals surface area contributed by atoms with Gasteiger partial charge < -0.3 is 10.2 Å². The van der Waals surface area contributed by atoms with Gasteiger partial charge in [0, 0.05) is 19.1 Å². The lowest BCUT2D eigenvalue weighted by Gasteiger charge is -2.31. The van der Waals surface area contributed by atoms with Crippen molar-refractivity contribution in [3.05, 3.63) is 35.4 Å². The summed E-state index contributed by atoms with van der Waals surface area (Å²) in [6.45, 7) is 4.05. The Hall–Kier alpha value is -1.51. The number of nitrogens with zero attached hydrogens (tertiary/aromatic N) is 1. The van der Waals surface area contributed by atoms with Crippen LogP contribution in [0.15, 0.2) is 24.3 Å². The summed E-state index contributed by atoms with van der Waals surface area (Å²) in [5, 5.41) is 3.20. The van der Waals surface area contributed by atoms with Crippen molar-refractivity contribution >= 4 is 6.03 Å². The van der Waals surface area contributed by atoms with E-state index in [0.29, 0.717) is 5.92 Å². The zero-order valence-corrected chi connectivity index (χ0v) is 11.6.